The lowest BCUT2D eigenvalue weighted by molar-refractivity contribution is -0.145. The smallest absolute Gasteiger partial charge is 0.307 e. The Hall–Kier alpha value is -1.18. The van der Waals surface area contributed by atoms with Crippen molar-refractivity contribution >= 4 is 11.9 Å². The summed E-state index contributed by atoms with van der Waals surface area (Å²) in [4.78, 5) is 22.5. The molecule has 0 aromatic rings. The van der Waals surface area contributed by atoms with Crippen LogP contribution >= 0.6 is 0 Å². The van der Waals surface area contributed by atoms with Crippen molar-refractivity contribution in [2.24, 2.45) is 0 Å². The number of ether oxygens (including phenoxy) is 5. The van der Waals surface area contributed by atoms with Crippen molar-refractivity contribution in [1.82, 2.24) is 0 Å². The second kappa shape index (κ2) is 23.1. The van der Waals surface area contributed by atoms with Crippen LogP contribution in [0.3, 0.4) is 0 Å². The topological polar surface area (TPSA) is 80.3 Å². The Morgan fingerprint density at radius 2 is 1.03 bits per heavy atom. The molecule has 29 heavy (non-hydrogen) atoms. The van der Waals surface area contributed by atoms with E-state index < -0.39 is 0 Å². The van der Waals surface area contributed by atoms with Crippen molar-refractivity contribution in [3.8, 4) is 0 Å². The molecule has 0 aliphatic rings. The molecule has 0 rings (SSSR count). The predicted octanol–water partition coefficient (Wildman–Crippen LogP) is 4.06. The van der Waals surface area contributed by atoms with Crippen molar-refractivity contribution in [1.29, 1.82) is 0 Å². The van der Waals surface area contributed by atoms with Gasteiger partial charge >= 0.3 is 11.9 Å². The van der Waals surface area contributed by atoms with E-state index in [1.54, 1.807) is 0 Å². The van der Waals surface area contributed by atoms with E-state index >= 15 is 0 Å². The number of rotatable bonds is 22. The number of methoxy groups -OCH3 is 1. The third-order valence-corrected chi connectivity index (χ3v) is 4.40. The predicted molar refractivity (Wildman–Crippen MR) is 112 cm³/mol. The van der Waals surface area contributed by atoms with E-state index in [0.717, 1.165) is 12.8 Å². The summed E-state index contributed by atoms with van der Waals surface area (Å²) in [5.74, 6) is -0.426. The van der Waals surface area contributed by atoms with Crippen LogP contribution < -0.4 is 0 Å². The van der Waals surface area contributed by atoms with Gasteiger partial charge in [-0.3, -0.25) is 9.59 Å². The van der Waals surface area contributed by atoms with Crippen LogP contribution in [0.1, 0.15) is 77.6 Å². The largest absolute Gasteiger partial charge is 0.469 e. The van der Waals surface area contributed by atoms with E-state index in [1.165, 1.54) is 52.1 Å². The lowest BCUT2D eigenvalue weighted by Gasteiger charge is -2.07. The van der Waals surface area contributed by atoms with Gasteiger partial charge in [-0.25, -0.2) is 0 Å². The summed E-state index contributed by atoms with van der Waals surface area (Å²) in [6.45, 7) is 4.99. The highest BCUT2D eigenvalue weighted by Gasteiger charge is 2.03. The molecule has 7 nitrogen and oxygen atoms in total. The first-order chi connectivity index (χ1) is 14.2. The second-order valence-electron chi connectivity index (χ2n) is 6.96. The molecule has 0 saturated heterocycles. The molecular weight excluding hydrogens is 376 g/mol. The number of hydrogen-bond donors (Lipinski definition) is 0. The molecule has 7 heteroatoms. The standard InChI is InChI=1S/C22H42O7/c1-3-4-5-6-7-8-9-10-11-12-22(24)29-20-19-28-18-17-27-16-15-26-14-13-21(23)25-2/h3-20H2,1-2H3. The molecule has 0 atom stereocenters. The highest BCUT2D eigenvalue weighted by molar-refractivity contribution is 5.69. The maximum Gasteiger partial charge on any atom is 0.307 e. The zero-order chi connectivity index (χ0) is 21.4. The van der Waals surface area contributed by atoms with E-state index in [4.69, 9.17) is 18.9 Å². The van der Waals surface area contributed by atoms with Crippen molar-refractivity contribution in [3.05, 3.63) is 0 Å². The summed E-state index contributed by atoms with van der Waals surface area (Å²) in [6.07, 6.45) is 11.9. The molecule has 0 saturated carbocycles. The maximum atomic E-state index is 11.6. The van der Waals surface area contributed by atoms with Gasteiger partial charge in [0, 0.05) is 6.42 Å². The average molecular weight is 419 g/mol. The molecule has 0 amide bonds. The minimum absolute atomic E-state index is 0.142. The van der Waals surface area contributed by atoms with Gasteiger partial charge in [0.25, 0.3) is 0 Å². The van der Waals surface area contributed by atoms with Crippen molar-refractivity contribution in [2.75, 3.05) is 53.4 Å². The highest BCUT2D eigenvalue weighted by atomic mass is 16.6. The third kappa shape index (κ3) is 23.0. The first kappa shape index (κ1) is 27.8. The number of esters is 2. The van der Waals surface area contributed by atoms with Gasteiger partial charge in [-0.2, -0.15) is 0 Å². The molecule has 0 spiro atoms. The Balaban J connectivity index is 3.17. The molecule has 0 aliphatic heterocycles. The summed E-state index contributed by atoms with van der Waals surface area (Å²) in [5, 5.41) is 0. The summed E-state index contributed by atoms with van der Waals surface area (Å²) in [6, 6.07) is 0. The molecule has 0 aromatic carbocycles. The first-order valence-electron chi connectivity index (χ1n) is 11.2. The van der Waals surface area contributed by atoms with Crippen LogP contribution in [0.15, 0.2) is 0 Å². The Morgan fingerprint density at radius 1 is 0.552 bits per heavy atom. The molecule has 0 heterocycles. The van der Waals surface area contributed by atoms with Crippen molar-refractivity contribution in [3.63, 3.8) is 0 Å². The van der Waals surface area contributed by atoms with Gasteiger partial charge in [0.2, 0.25) is 0 Å². The van der Waals surface area contributed by atoms with Gasteiger partial charge in [-0.15, -0.1) is 0 Å². The average Bonchev–Trinajstić information content (AvgIpc) is 2.73. The Labute approximate surface area is 176 Å². The normalized spacial score (nSPS) is 10.8. The van der Waals surface area contributed by atoms with Crippen LogP contribution in [0.25, 0.3) is 0 Å². The summed E-state index contributed by atoms with van der Waals surface area (Å²) in [7, 11) is 1.35. The Kier molecular flexibility index (Phi) is 22.2. The summed E-state index contributed by atoms with van der Waals surface area (Å²) >= 11 is 0. The zero-order valence-corrected chi connectivity index (χ0v) is 18.6. The minimum Gasteiger partial charge on any atom is -0.469 e. The Bertz CT molecular complexity index is 374. The van der Waals surface area contributed by atoms with Crippen molar-refractivity contribution < 1.29 is 33.3 Å². The molecule has 0 aromatic heterocycles. The fourth-order valence-corrected chi connectivity index (χ4v) is 2.67. The van der Waals surface area contributed by atoms with E-state index in [9.17, 15) is 9.59 Å². The van der Waals surface area contributed by atoms with Crippen LogP contribution in [0.2, 0.25) is 0 Å². The van der Waals surface area contributed by atoms with Crippen LogP contribution in [-0.2, 0) is 33.3 Å². The van der Waals surface area contributed by atoms with E-state index in [0.29, 0.717) is 46.1 Å². The zero-order valence-electron chi connectivity index (χ0n) is 18.6. The van der Waals surface area contributed by atoms with Gasteiger partial charge in [-0.05, 0) is 6.42 Å². The molecule has 0 unspecified atom stereocenters. The number of unbranched alkanes of at least 4 members (excludes halogenated alkanes) is 8. The van der Waals surface area contributed by atoms with E-state index in [1.807, 2.05) is 0 Å². The maximum absolute atomic E-state index is 11.6. The number of hydrogen-bond acceptors (Lipinski definition) is 7. The fourth-order valence-electron chi connectivity index (χ4n) is 2.67. The number of carbonyl (C=O) groups excluding carboxylic acids is 2. The lowest BCUT2D eigenvalue weighted by atomic mass is 10.1. The minimum atomic E-state index is -0.284. The molecule has 0 fully saturated rings. The van der Waals surface area contributed by atoms with E-state index in [-0.39, 0.29) is 25.0 Å². The molecule has 0 aliphatic carbocycles. The SMILES string of the molecule is CCCCCCCCCCCC(=O)OCCOCCOCCOCCC(=O)OC. The first-order valence-corrected chi connectivity index (χ1v) is 11.2. The quantitative estimate of drug-likeness (QED) is 0.194. The molecule has 172 valence electrons. The Morgan fingerprint density at radius 3 is 1.59 bits per heavy atom. The summed E-state index contributed by atoms with van der Waals surface area (Å²) in [5.41, 5.74) is 0. The number of carbonyl (C=O) groups is 2. The van der Waals surface area contributed by atoms with Gasteiger partial charge in [-0.1, -0.05) is 58.3 Å². The van der Waals surface area contributed by atoms with Gasteiger partial charge in [0.15, 0.2) is 0 Å². The monoisotopic (exact) mass is 418 g/mol. The third-order valence-electron chi connectivity index (χ3n) is 4.40. The van der Waals surface area contributed by atoms with Crippen molar-refractivity contribution in [2.45, 2.75) is 77.6 Å². The molecule has 0 bridgehead atoms. The van der Waals surface area contributed by atoms with Crippen LogP contribution in [0, 0.1) is 0 Å². The fraction of sp³-hybridized carbons (Fsp3) is 0.909. The van der Waals surface area contributed by atoms with Crippen LogP contribution in [-0.4, -0.2) is 65.3 Å². The van der Waals surface area contributed by atoms with Gasteiger partial charge < -0.3 is 23.7 Å². The summed E-state index contributed by atoms with van der Waals surface area (Å²) < 4.78 is 25.6. The highest BCUT2D eigenvalue weighted by Crippen LogP contribution is 2.10. The molecular formula is C22H42O7. The van der Waals surface area contributed by atoms with Crippen LogP contribution in [0.5, 0.6) is 0 Å². The van der Waals surface area contributed by atoms with Gasteiger partial charge in [0.05, 0.1) is 53.2 Å². The van der Waals surface area contributed by atoms with Gasteiger partial charge in [0.1, 0.15) is 6.61 Å². The molecule has 0 N–H and O–H groups in total. The van der Waals surface area contributed by atoms with Crippen LogP contribution in [0.4, 0.5) is 0 Å². The lowest BCUT2D eigenvalue weighted by Crippen LogP contribution is -2.14. The molecule has 0 radical (unpaired) electrons. The second-order valence-corrected chi connectivity index (χ2v) is 6.96. The van der Waals surface area contributed by atoms with E-state index in [2.05, 4.69) is 11.7 Å².